The zero-order valence-corrected chi connectivity index (χ0v) is 15.2. The van der Waals surface area contributed by atoms with Gasteiger partial charge in [-0.25, -0.2) is 4.39 Å². The van der Waals surface area contributed by atoms with Crippen molar-refractivity contribution in [3.8, 4) is 0 Å². The molecule has 4 nitrogen and oxygen atoms in total. The van der Waals surface area contributed by atoms with Gasteiger partial charge in [-0.3, -0.25) is 4.79 Å². The second kappa shape index (κ2) is 7.77. The van der Waals surface area contributed by atoms with Gasteiger partial charge in [0.15, 0.2) is 0 Å². The summed E-state index contributed by atoms with van der Waals surface area (Å²) in [6.45, 7) is 2.00. The molecule has 3 N–H and O–H groups in total. The molecule has 1 fully saturated rings. The van der Waals surface area contributed by atoms with Crippen molar-refractivity contribution in [1.82, 2.24) is 5.32 Å². The molecule has 0 spiro atoms. The average Bonchev–Trinajstić information content (AvgIpc) is 3.09. The minimum Gasteiger partial charge on any atom is -0.501 e. The number of nitrogens with one attached hydrogen (secondary N) is 1. The molecule has 0 bridgehead atoms. The zero-order chi connectivity index (χ0) is 18.7. The van der Waals surface area contributed by atoms with Crippen LogP contribution in [-0.4, -0.2) is 19.1 Å². The molecule has 1 saturated carbocycles. The Morgan fingerprint density at radius 1 is 1.31 bits per heavy atom. The van der Waals surface area contributed by atoms with Gasteiger partial charge in [-0.1, -0.05) is 18.6 Å². The highest BCUT2D eigenvalue weighted by Crippen LogP contribution is 2.32. The molecule has 0 aliphatic heterocycles. The molecule has 3 rings (SSSR count). The van der Waals surface area contributed by atoms with E-state index in [1.807, 2.05) is 25.1 Å². The second-order valence-corrected chi connectivity index (χ2v) is 6.94. The van der Waals surface area contributed by atoms with Crippen molar-refractivity contribution >= 4 is 11.5 Å². The van der Waals surface area contributed by atoms with Gasteiger partial charge in [0.1, 0.15) is 11.6 Å². The molecule has 0 saturated heterocycles. The van der Waals surface area contributed by atoms with Crippen LogP contribution >= 0.6 is 0 Å². The third-order valence-corrected chi connectivity index (χ3v) is 5.20. The number of carbonyl (C=O) groups excluding carboxylic acids is 1. The molecule has 0 aromatic heterocycles. The summed E-state index contributed by atoms with van der Waals surface area (Å²) in [6, 6.07) is 6.60. The summed E-state index contributed by atoms with van der Waals surface area (Å²) < 4.78 is 19.1. The highest BCUT2D eigenvalue weighted by Gasteiger charge is 2.31. The summed E-state index contributed by atoms with van der Waals surface area (Å²) in [7, 11) is 1.64. The smallest absolute Gasteiger partial charge is 0.222 e. The van der Waals surface area contributed by atoms with E-state index in [4.69, 9.17) is 10.5 Å². The molecule has 1 amide bonds. The quantitative estimate of drug-likeness (QED) is 0.846. The first-order valence-corrected chi connectivity index (χ1v) is 8.95. The Morgan fingerprint density at radius 3 is 2.81 bits per heavy atom. The van der Waals surface area contributed by atoms with Gasteiger partial charge in [-0.2, -0.15) is 0 Å². The van der Waals surface area contributed by atoms with Gasteiger partial charge < -0.3 is 15.8 Å². The lowest BCUT2D eigenvalue weighted by molar-refractivity contribution is -0.122. The number of hydrogen-bond donors (Lipinski definition) is 2. The van der Waals surface area contributed by atoms with E-state index in [0.29, 0.717) is 6.42 Å². The number of rotatable bonds is 5. The summed E-state index contributed by atoms with van der Waals surface area (Å²) in [5, 5.41) is 3.49. The van der Waals surface area contributed by atoms with Crippen LogP contribution in [0.1, 0.15) is 38.2 Å². The lowest BCUT2D eigenvalue weighted by Gasteiger charge is -2.24. The largest absolute Gasteiger partial charge is 0.501 e. The van der Waals surface area contributed by atoms with Crippen molar-refractivity contribution in [2.24, 2.45) is 11.7 Å². The maximum atomic E-state index is 13.6. The standard InChI is InChI=1S/C21H25FN2O2/c1-13(24-20-8-4-7-19(20)21(23)25)15-9-16(12-18(11-15)26-2)14-5-3-6-17(22)10-14/h3,5-6,9-10,12,19-20,24H,4,7-8,11H2,1-2H3,(H2,23,25)/b15-13+. The monoisotopic (exact) mass is 356 g/mol. The van der Waals surface area contributed by atoms with Gasteiger partial charge in [0.25, 0.3) is 0 Å². The summed E-state index contributed by atoms with van der Waals surface area (Å²) in [5.74, 6) is 0.186. The van der Waals surface area contributed by atoms with Crippen LogP contribution in [0, 0.1) is 11.7 Å². The number of halogens is 1. The molecular formula is C21H25FN2O2. The van der Waals surface area contributed by atoms with Crippen LogP contribution in [0.3, 0.4) is 0 Å². The third kappa shape index (κ3) is 3.98. The number of amides is 1. The number of ether oxygens (including phenoxy) is 1. The minimum absolute atomic E-state index is 0.0721. The number of allylic oxidation sites excluding steroid dienone is 5. The van der Waals surface area contributed by atoms with Crippen molar-refractivity contribution in [3.05, 3.63) is 64.8 Å². The zero-order valence-electron chi connectivity index (χ0n) is 15.2. The predicted octanol–water partition coefficient (Wildman–Crippen LogP) is 3.66. The summed E-state index contributed by atoms with van der Waals surface area (Å²) in [5.41, 5.74) is 9.30. The molecule has 2 atom stereocenters. The van der Waals surface area contributed by atoms with Crippen LogP contribution in [0.4, 0.5) is 4.39 Å². The van der Waals surface area contributed by atoms with Gasteiger partial charge in [0.05, 0.1) is 13.0 Å². The number of primary amides is 1. The van der Waals surface area contributed by atoms with Crippen molar-refractivity contribution in [2.75, 3.05) is 7.11 Å². The van der Waals surface area contributed by atoms with E-state index in [1.165, 1.54) is 12.1 Å². The van der Waals surface area contributed by atoms with Crippen molar-refractivity contribution < 1.29 is 13.9 Å². The van der Waals surface area contributed by atoms with Crippen LogP contribution in [0.2, 0.25) is 0 Å². The fourth-order valence-corrected chi connectivity index (χ4v) is 3.74. The van der Waals surface area contributed by atoms with Crippen LogP contribution < -0.4 is 11.1 Å². The molecule has 0 heterocycles. The summed E-state index contributed by atoms with van der Waals surface area (Å²) in [6.07, 6.45) is 7.42. The molecule has 26 heavy (non-hydrogen) atoms. The molecule has 138 valence electrons. The van der Waals surface area contributed by atoms with Crippen molar-refractivity contribution in [3.63, 3.8) is 0 Å². The summed E-state index contributed by atoms with van der Waals surface area (Å²) >= 11 is 0. The molecule has 0 radical (unpaired) electrons. The number of nitrogens with two attached hydrogens (primary N) is 1. The Labute approximate surface area is 153 Å². The second-order valence-electron chi connectivity index (χ2n) is 6.94. The lowest BCUT2D eigenvalue weighted by Crippen LogP contribution is -2.38. The van der Waals surface area contributed by atoms with E-state index in [1.54, 1.807) is 13.2 Å². The summed E-state index contributed by atoms with van der Waals surface area (Å²) in [4.78, 5) is 11.6. The molecule has 1 aromatic carbocycles. The first-order valence-electron chi connectivity index (χ1n) is 8.95. The van der Waals surface area contributed by atoms with Gasteiger partial charge in [0, 0.05) is 18.2 Å². The van der Waals surface area contributed by atoms with Gasteiger partial charge in [-0.05, 0) is 60.8 Å². The van der Waals surface area contributed by atoms with Crippen LogP contribution in [0.25, 0.3) is 5.57 Å². The topological polar surface area (TPSA) is 64.3 Å². The molecule has 2 unspecified atom stereocenters. The third-order valence-electron chi connectivity index (χ3n) is 5.20. The fourth-order valence-electron chi connectivity index (χ4n) is 3.74. The highest BCUT2D eigenvalue weighted by molar-refractivity contribution is 5.79. The van der Waals surface area contributed by atoms with Crippen molar-refractivity contribution in [2.45, 2.75) is 38.6 Å². The maximum Gasteiger partial charge on any atom is 0.222 e. The minimum atomic E-state index is -0.267. The maximum absolute atomic E-state index is 13.6. The SMILES string of the molecule is COC1=CC(c2cccc(F)c2)=C/C(=C(/C)NC2CCCC2C(N)=O)C1. The molecule has 2 aliphatic rings. The van der Waals surface area contributed by atoms with E-state index in [-0.39, 0.29) is 23.7 Å². The van der Waals surface area contributed by atoms with Gasteiger partial charge in [-0.15, -0.1) is 0 Å². The first-order chi connectivity index (χ1) is 12.5. The number of hydrogen-bond acceptors (Lipinski definition) is 3. The van der Waals surface area contributed by atoms with Crippen LogP contribution in [0.15, 0.2) is 53.4 Å². The number of carbonyl (C=O) groups is 1. The van der Waals surface area contributed by atoms with Crippen molar-refractivity contribution in [1.29, 1.82) is 0 Å². The number of methoxy groups -OCH3 is 1. The predicted molar refractivity (Wildman–Crippen MR) is 100 cm³/mol. The van der Waals surface area contributed by atoms with E-state index in [0.717, 1.165) is 47.4 Å². The molecule has 5 heteroatoms. The molecule has 2 aliphatic carbocycles. The Balaban J connectivity index is 1.89. The fraction of sp³-hybridized carbons (Fsp3) is 0.381. The van der Waals surface area contributed by atoms with Crippen LogP contribution in [0.5, 0.6) is 0 Å². The van der Waals surface area contributed by atoms with E-state index in [9.17, 15) is 9.18 Å². The van der Waals surface area contributed by atoms with E-state index >= 15 is 0 Å². The van der Waals surface area contributed by atoms with Gasteiger partial charge >= 0.3 is 0 Å². The van der Waals surface area contributed by atoms with Crippen LogP contribution in [-0.2, 0) is 9.53 Å². The lowest BCUT2D eigenvalue weighted by atomic mass is 9.93. The van der Waals surface area contributed by atoms with Gasteiger partial charge in [0.2, 0.25) is 5.91 Å². The average molecular weight is 356 g/mol. The molecule has 1 aromatic rings. The Morgan fingerprint density at radius 2 is 2.12 bits per heavy atom. The van der Waals surface area contributed by atoms with E-state index in [2.05, 4.69) is 5.32 Å². The Kier molecular flexibility index (Phi) is 5.45. The first kappa shape index (κ1) is 18.2. The Bertz CT molecular complexity index is 795. The highest BCUT2D eigenvalue weighted by atomic mass is 19.1. The number of benzene rings is 1. The molecular weight excluding hydrogens is 331 g/mol. The normalized spacial score (nSPS) is 24.6. The Hall–Kier alpha value is -2.56. The van der Waals surface area contributed by atoms with E-state index < -0.39 is 0 Å².